The van der Waals surface area contributed by atoms with Crippen molar-refractivity contribution in [1.29, 1.82) is 0 Å². The summed E-state index contributed by atoms with van der Waals surface area (Å²) in [5.41, 5.74) is 11.5. The number of aromatic amines is 2. The van der Waals surface area contributed by atoms with Crippen LogP contribution in [-0.2, 0) is 23.6 Å². The molecule has 0 radical (unpaired) electrons. The van der Waals surface area contributed by atoms with Crippen molar-refractivity contribution < 1.29 is 14.3 Å². The van der Waals surface area contributed by atoms with Gasteiger partial charge in [0.1, 0.15) is 23.2 Å². The summed E-state index contributed by atoms with van der Waals surface area (Å²) in [4.78, 5) is 42.5. The third-order valence-corrected chi connectivity index (χ3v) is 10.5. The van der Waals surface area contributed by atoms with Gasteiger partial charge in [-0.3, -0.25) is 9.97 Å². The van der Waals surface area contributed by atoms with E-state index >= 15 is 0 Å². The normalized spacial score (nSPS) is 18.3. The second-order valence-electron chi connectivity index (χ2n) is 13.7. The molecule has 260 valence electrons. The summed E-state index contributed by atoms with van der Waals surface area (Å²) >= 11 is 0. The first kappa shape index (κ1) is 30.7. The van der Waals surface area contributed by atoms with E-state index in [0.29, 0.717) is 39.4 Å². The first-order valence-corrected chi connectivity index (χ1v) is 17.5. The van der Waals surface area contributed by atoms with Crippen molar-refractivity contribution in [1.82, 2.24) is 48.8 Å². The van der Waals surface area contributed by atoms with Crippen molar-refractivity contribution in [3.05, 3.63) is 96.8 Å². The summed E-state index contributed by atoms with van der Waals surface area (Å²) < 4.78 is 16.8. The van der Waals surface area contributed by atoms with E-state index in [2.05, 4.69) is 87.8 Å². The molecule has 13 nitrogen and oxygen atoms in total. The highest BCUT2D eigenvalue weighted by Gasteiger charge is 2.33. The van der Waals surface area contributed by atoms with Gasteiger partial charge >= 0.3 is 6.03 Å². The van der Waals surface area contributed by atoms with E-state index in [1.807, 2.05) is 36.0 Å². The SMILES string of the molecule is Cn1cc(-c2cc3nccnc3[nH]2)c2cc(C3CN(C(=O)N4CCOC(c5ccc6c(c5)c(-c5cc7nccnc7[nH]5)cn6C)C4)CCO3)ccc21. The standard InChI is InChI=1S/C39H36N10O3/c1-46-19-27(29-17-31-37(44-29)42-9-7-40-31)25-15-23(3-5-33(25)46)35-21-48(11-13-51-35)39(50)49-12-14-52-36(22-49)24-4-6-34-26(16-24)28(20-47(34)2)30-18-32-38(45-30)43-10-8-41-32/h3-10,15-20,35-36H,11-14,21-22H2,1-2H3,(H,42,44)(H,43,45). The molecular weight excluding hydrogens is 656 g/mol. The number of hydrogen-bond donors (Lipinski definition) is 2. The Kier molecular flexibility index (Phi) is 7.11. The van der Waals surface area contributed by atoms with Gasteiger partial charge in [0.25, 0.3) is 0 Å². The molecule has 13 heteroatoms. The Hall–Kier alpha value is -6.05. The molecule has 2 N–H and O–H groups in total. The molecule has 2 aliphatic rings. The molecule has 2 atom stereocenters. The monoisotopic (exact) mass is 692 g/mol. The van der Waals surface area contributed by atoms with Crippen LogP contribution in [0.1, 0.15) is 23.3 Å². The quantitative estimate of drug-likeness (QED) is 0.227. The van der Waals surface area contributed by atoms with Crippen molar-refractivity contribution in [2.75, 3.05) is 39.4 Å². The lowest BCUT2D eigenvalue weighted by atomic mass is 10.0. The van der Waals surface area contributed by atoms with Gasteiger partial charge in [-0.15, -0.1) is 0 Å². The van der Waals surface area contributed by atoms with Gasteiger partial charge in [0.2, 0.25) is 0 Å². The second-order valence-corrected chi connectivity index (χ2v) is 13.7. The van der Waals surface area contributed by atoms with Gasteiger partial charge in [-0.2, -0.15) is 0 Å². The number of urea groups is 1. The number of aryl methyl sites for hydroxylation is 2. The van der Waals surface area contributed by atoms with Gasteiger partial charge in [0.05, 0.1) is 37.7 Å². The number of ether oxygens (including phenoxy) is 2. The van der Waals surface area contributed by atoms with Crippen LogP contribution in [0.2, 0.25) is 0 Å². The molecule has 0 saturated carbocycles. The molecule has 8 heterocycles. The van der Waals surface area contributed by atoms with E-state index in [-0.39, 0.29) is 18.2 Å². The summed E-state index contributed by atoms with van der Waals surface area (Å²) in [5, 5.41) is 2.21. The number of morpholine rings is 2. The Labute approximate surface area is 297 Å². The van der Waals surface area contributed by atoms with E-state index in [4.69, 9.17) is 9.47 Å². The molecule has 6 aromatic heterocycles. The Balaban J connectivity index is 0.885. The number of benzene rings is 2. The molecule has 52 heavy (non-hydrogen) atoms. The number of fused-ring (bicyclic) bond motifs is 4. The van der Waals surface area contributed by atoms with Crippen LogP contribution in [0.4, 0.5) is 4.79 Å². The third kappa shape index (κ3) is 5.11. The number of amides is 2. The molecule has 0 bridgehead atoms. The van der Waals surface area contributed by atoms with Gasteiger partial charge < -0.3 is 38.4 Å². The maximum atomic E-state index is 14.1. The molecule has 2 fully saturated rings. The molecule has 10 rings (SSSR count). The number of carbonyl (C=O) groups is 1. The highest BCUT2D eigenvalue weighted by Crippen LogP contribution is 2.36. The van der Waals surface area contributed by atoms with Crippen LogP contribution in [0, 0.1) is 0 Å². The summed E-state index contributed by atoms with van der Waals surface area (Å²) in [7, 11) is 4.10. The van der Waals surface area contributed by atoms with Crippen LogP contribution < -0.4 is 0 Å². The van der Waals surface area contributed by atoms with Gasteiger partial charge in [-0.1, -0.05) is 12.1 Å². The number of hydrogen-bond acceptors (Lipinski definition) is 7. The Morgan fingerprint density at radius 3 is 1.58 bits per heavy atom. The minimum Gasteiger partial charge on any atom is -0.370 e. The number of rotatable bonds is 4. The average Bonchev–Trinajstić information content (AvgIpc) is 3.97. The first-order valence-electron chi connectivity index (χ1n) is 17.5. The number of aromatic nitrogens is 8. The van der Waals surface area contributed by atoms with Crippen LogP contribution >= 0.6 is 0 Å². The lowest BCUT2D eigenvalue weighted by Crippen LogP contribution is -2.52. The molecule has 2 aliphatic heterocycles. The highest BCUT2D eigenvalue weighted by molar-refractivity contribution is 5.99. The molecule has 2 saturated heterocycles. The van der Waals surface area contributed by atoms with Crippen molar-refractivity contribution in [3.63, 3.8) is 0 Å². The predicted octanol–water partition coefficient (Wildman–Crippen LogP) is 6.11. The summed E-state index contributed by atoms with van der Waals surface area (Å²) in [6.07, 6.45) is 10.5. The van der Waals surface area contributed by atoms with Crippen molar-refractivity contribution in [2.24, 2.45) is 14.1 Å². The van der Waals surface area contributed by atoms with Gasteiger partial charge in [-0.25, -0.2) is 14.8 Å². The van der Waals surface area contributed by atoms with Gasteiger partial charge in [0, 0.05) is 97.3 Å². The van der Waals surface area contributed by atoms with Crippen LogP contribution in [0.25, 0.3) is 66.6 Å². The molecule has 8 aromatic rings. The average molecular weight is 693 g/mol. The first-order chi connectivity index (χ1) is 25.5. The maximum absolute atomic E-state index is 14.1. The van der Waals surface area contributed by atoms with E-state index < -0.39 is 0 Å². The fourth-order valence-corrected chi connectivity index (χ4v) is 7.89. The van der Waals surface area contributed by atoms with E-state index in [9.17, 15) is 4.79 Å². The fraction of sp³-hybridized carbons (Fsp3) is 0.256. The zero-order valence-electron chi connectivity index (χ0n) is 28.8. The largest absolute Gasteiger partial charge is 0.370 e. The van der Waals surface area contributed by atoms with Crippen LogP contribution in [0.15, 0.2) is 85.7 Å². The van der Waals surface area contributed by atoms with E-state index in [1.165, 1.54) is 0 Å². The van der Waals surface area contributed by atoms with E-state index in [0.717, 1.165) is 77.8 Å². The van der Waals surface area contributed by atoms with E-state index in [1.54, 1.807) is 24.8 Å². The minimum atomic E-state index is -0.244. The van der Waals surface area contributed by atoms with Crippen LogP contribution in [-0.4, -0.2) is 94.3 Å². The second kappa shape index (κ2) is 12.0. The zero-order chi connectivity index (χ0) is 34.9. The Bertz CT molecular complexity index is 2410. The molecule has 0 spiro atoms. The maximum Gasteiger partial charge on any atom is 0.320 e. The fourth-order valence-electron chi connectivity index (χ4n) is 7.89. The molecule has 2 aromatic carbocycles. The minimum absolute atomic E-state index is 0.0145. The Morgan fingerprint density at radius 2 is 1.12 bits per heavy atom. The van der Waals surface area contributed by atoms with Gasteiger partial charge in [-0.05, 0) is 47.5 Å². The predicted molar refractivity (Wildman–Crippen MR) is 198 cm³/mol. The number of nitrogens with one attached hydrogen (secondary N) is 2. The van der Waals surface area contributed by atoms with Gasteiger partial charge in [0.15, 0.2) is 11.3 Å². The van der Waals surface area contributed by atoms with Crippen LogP contribution in [0.3, 0.4) is 0 Å². The summed E-state index contributed by atoms with van der Waals surface area (Å²) in [6.45, 7) is 2.97. The number of nitrogens with zero attached hydrogens (tertiary/aromatic N) is 8. The number of H-pyrrole nitrogens is 2. The molecular formula is C39H36N10O3. The number of carbonyl (C=O) groups excluding carboxylic acids is 1. The topological polar surface area (TPSA) is 135 Å². The summed E-state index contributed by atoms with van der Waals surface area (Å²) in [5.74, 6) is 0. The van der Waals surface area contributed by atoms with Crippen molar-refractivity contribution >= 4 is 50.2 Å². The molecule has 0 aliphatic carbocycles. The van der Waals surface area contributed by atoms with Crippen LogP contribution in [0.5, 0.6) is 0 Å². The third-order valence-electron chi connectivity index (χ3n) is 10.5. The highest BCUT2D eigenvalue weighted by atomic mass is 16.5. The summed E-state index contributed by atoms with van der Waals surface area (Å²) in [6, 6.07) is 17.0. The molecule has 2 amide bonds. The lowest BCUT2D eigenvalue weighted by Gasteiger charge is -2.39. The smallest absolute Gasteiger partial charge is 0.320 e. The van der Waals surface area contributed by atoms with Crippen molar-refractivity contribution in [3.8, 4) is 22.5 Å². The lowest BCUT2D eigenvalue weighted by molar-refractivity contribution is -0.0418. The van der Waals surface area contributed by atoms with Crippen molar-refractivity contribution in [2.45, 2.75) is 12.2 Å². The Morgan fingerprint density at radius 1 is 0.654 bits per heavy atom. The zero-order valence-corrected chi connectivity index (χ0v) is 28.8. The molecule has 2 unspecified atom stereocenters.